The van der Waals surface area contributed by atoms with E-state index in [0.29, 0.717) is 0 Å². The highest BCUT2D eigenvalue weighted by Gasteiger charge is 2.03. The molecular formula is C20H42N2. The first-order chi connectivity index (χ1) is 10.8. The summed E-state index contributed by atoms with van der Waals surface area (Å²) in [7, 11) is 0. The van der Waals surface area contributed by atoms with Crippen LogP contribution in [0.3, 0.4) is 0 Å². The first kappa shape index (κ1) is 21.7. The topological polar surface area (TPSA) is 6.48 Å². The summed E-state index contributed by atoms with van der Waals surface area (Å²) < 4.78 is 0. The van der Waals surface area contributed by atoms with Gasteiger partial charge in [-0.05, 0) is 51.9 Å². The maximum Gasteiger partial charge on any atom is 0.0163 e. The van der Waals surface area contributed by atoms with Gasteiger partial charge < -0.3 is 0 Å². The van der Waals surface area contributed by atoms with Crippen LogP contribution < -0.4 is 0 Å². The quantitative estimate of drug-likeness (QED) is 0.355. The normalized spacial score (nSPS) is 12.1. The van der Waals surface area contributed by atoms with E-state index in [9.17, 15) is 0 Å². The van der Waals surface area contributed by atoms with Crippen molar-refractivity contribution in [1.29, 1.82) is 0 Å². The first-order valence-corrected chi connectivity index (χ1v) is 9.88. The zero-order valence-electron chi connectivity index (χ0n) is 15.9. The van der Waals surface area contributed by atoms with E-state index >= 15 is 0 Å². The molecule has 0 unspecified atom stereocenters. The molecule has 22 heavy (non-hydrogen) atoms. The lowest BCUT2D eigenvalue weighted by Crippen LogP contribution is -2.28. The Bertz CT molecular complexity index is 198. The lowest BCUT2D eigenvalue weighted by molar-refractivity contribution is 0.285. The van der Waals surface area contributed by atoms with Gasteiger partial charge >= 0.3 is 0 Å². The van der Waals surface area contributed by atoms with Gasteiger partial charge in [0.2, 0.25) is 0 Å². The van der Waals surface area contributed by atoms with Gasteiger partial charge in [-0.15, -0.1) is 0 Å². The predicted molar refractivity (Wildman–Crippen MR) is 102 cm³/mol. The Morgan fingerprint density at radius 1 is 0.500 bits per heavy atom. The fourth-order valence-corrected chi connectivity index (χ4v) is 2.56. The number of rotatable bonds is 16. The van der Waals surface area contributed by atoms with E-state index in [1.807, 2.05) is 0 Å². The Morgan fingerprint density at radius 3 is 1.00 bits per heavy atom. The molecule has 2 nitrogen and oxygen atoms in total. The van der Waals surface area contributed by atoms with Crippen LogP contribution in [0, 0.1) is 0 Å². The standard InChI is InChI=1S/C20H42N2/c1-5-9-15-21(16-10-6-2)19-13-14-20-22(17-11-7-3)18-12-8-4/h13-14H,5-12,15-20H2,1-4H3. The summed E-state index contributed by atoms with van der Waals surface area (Å²) in [6.45, 7) is 16.4. The van der Waals surface area contributed by atoms with Crippen molar-refractivity contribution in [3.05, 3.63) is 12.2 Å². The Balaban J connectivity index is 4.08. The van der Waals surface area contributed by atoms with Crippen LogP contribution in [-0.4, -0.2) is 49.1 Å². The van der Waals surface area contributed by atoms with Crippen molar-refractivity contribution in [3.8, 4) is 0 Å². The smallest absolute Gasteiger partial charge is 0.0163 e. The molecule has 0 aromatic rings. The highest BCUT2D eigenvalue weighted by molar-refractivity contribution is 4.87. The van der Waals surface area contributed by atoms with Crippen molar-refractivity contribution < 1.29 is 0 Å². The van der Waals surface area contributed by atoms with Gasteiger partial charge in [0.25, 0.3) is 0 Å². The SMILES string of the molecule is CCCCN(CC=CCN(CCCC)CCCC)CCCC. The molecule has 0 atom stereocenters. The molecule has 2 heteroatoms. The zero-order chi connectivity index (χ0) is 16.5. The number of hydrogen-bond donors (Lipinski definition) is 0. The lowest BCUT2D eigenvalue weighted by Gasteiger charge is -2.21. The molecule has 0 radical (unpaired) electrons. The molecule has 132 valence electrons. The highest BCUT2D eigenvalue weighted by atomic mass is 15.1. The molecule has 0 bridgehead atoms. The minimum atomic E-state index is 1.13. The van der Waals surface area contributed by atoms with Crippen LogP contribution in [0.2, 0.25) is 0 Å². The maximum absolute atomic E-state index is 2.62. The third-order valence-electron chi connectivity index (χ3n) is 4.21. The summed E-state index contributed by atoms with van der Waals surface area (Å²) in [4.78, 5) is 5.23. The summed E-state index contributed by atoms with van der Waals surface area (Å²) in [5.74, 6) is 0. The van der Waals surface area contributed by atoms with Crippen LogP contribution in [0.5, 0.6) is 0 Å². The van der Waals surface area contributed by atoms with E-state index in [1.54, 1.807) is 0 Å². The van der Waals surface area contributed by atoms with Gasteiger partial charge in [0.1, 0.15) is 0 Å². The molecule has 0 aliphatic carbocycles. The molecule has 0 aromatic carbocycles. The largest absolute Gasteiger partial charge is 0.300 e. The van der Waals surface area contributed by atoms with Crippen LogP contribution >= 0.6 is 0 Å². The summed E-state index contributed by atoms with van der Waals surface area (Å²) in [6, 6.07) is 0. The van der Waals surface area contributed by atoms with Gasteiger partial charge in [0.05, 0.1) is 0 Å². The average molecular weight is 311 g/mol. The van der Waals surface area contributed by atoms with Gasteiger partial charge in [-0.1, -0.05) is 65.5 Å². The van der Waals surface area contributed by atoms with Crippen LogP contribution in [0.25, 0.3) is 0 Å². The molecule has 0 spiro atoms. The average Bonchev–Trinajstić information content (AvgIpc) is 2.54. The summed E-state index contributed by atoms with van der Waals surface area (Å²) in [6.07, 6.45) is 15.3. The van der Waals surface area contributed by atoms with Gasteiger partial charge in [-0.3, -0.25) is 9.80 Å². The molecule has 0 N–H and O–H groups in total. The highest BCUT2D eigenvalue weighted by Crippen LogP contribution is 2.01. The van der Waals surface area contributed by atoms with Crippen LogP contribution in [0.1, 0.15) is 79.1 Å². The van der Waals surface area contributed by atoms with Gasteiger partial charge in [-0.25, -0.2) is 0 Å². The molecule has 0 aliphatic rings. The fourth-order valence-electron chi connectivity index (χ4n) is 2.56. The number of unbranched alkanes of at least 4 members (excludes halogenated alkanes) is 4. The molecule has 0 saturated heterocycles. The van der Waals surface area contributed by atoms with E-state index in [-0.39, 0.29) is 0 Å². The third-order valence-corrected chi connectivity index (χ3v) is 4.21. The van der Waals surface area contributed by atoms with E-state index in [0.717, 1.165) is 13.1 Å². The van der Waals surface area contributed by atoms with Crippen molar-refractivity contribution in [2.24, 2.45) is 0 Å². The third kappa shape index (κ3) is 13.3. The van der Waals surface area contributed by atoms with Crippen LogP contribution in [-0.2, 0) is 0 Å². The first-order valence-electron chi connectivity index (χ1n) is 9.88. The lowest BCUT2D eigenvalue weighted by atomic mass is 10.2. The maximum atomic E-state index is 2.62. The Hall–Kier alpha value is -0.340. The molecule has 0 heterocycles. The summed E-state index contributed by atoms with van der Waals surface area (Å²) in [5, 5.41) is 0. The zero-order valence-corrected chi connectivity index (χ0v) is 15.9. The second-order valence-electron chi connectivity index (χ2n) is 6.49. The van der Waals surface area contributed by atoms with Crippen molar-refractivity contribution >= 4 is 0 Å². The van der Waals surface area contributed by atoms with Crippen molar-refractivity contribution in [3.63, 3.8) is 0 Å². The van der Waals surface area contributed by atoms with Crippen molar-refractivity contribution in [2.45, 2.75) is 79.1 Å². The predicted octanol–water partition coefficient (Wildman–Crippen LogP) is 5.35. The van der Waals surface area contributed by atoms with Crippen LogP contribution in [0.15, 0.2) is 12.2 Å². The summed E-state index contributed by atoms with van der Waals surface area (Å²) >= 11 is 0. The van der Waals surface area contributed by atoms with E-state index in [2.05, 4.69) is 49.6 Å². The second-order valence-corrected chi connectivity index (χ2v) is 6.49. The minimum Gasteiger partial charge on any atom is -0.300 e. The van der Waals surface area contributed by atoms with Gasteiger partial charge in [-0.2, -0.15) is 0 Å². The second kappa shape index (κ2) is 17.0. The van der Waals surface area contributed by atoms with E-state index in [4.69, 9.17) is 0 Å². The Labute approximate surface area is 141 Å². The van der Waals surface area contributed by atoms with E-state index in [1.165, 1.54) is 77.5 Å². The van der Waals surface area contributed by atoms with Crippen molar-refractivity contribution in [1.82, 2.24) is 9.80 Å². The van der Waals surface area contributed by atoms with E-state index < -0.39 is 0 Å². The number of hydrogen-bond acceptors (Lipinski definition) is 2. The molecule has 0 fully saturated rings. The molecule has 0 aliphatic heterocycles. The summed E-state index contributed by atoms with van der Waals surface area (Å²) in [5.41, 5.74) is 0. The molecule has 0 amide bonds. The minimum absolute atomic E-state index is 1.13. The molecular weight excluding hydrogens is 268 g/mol. The molecule has 0 saturated carbocycles. The molecule has 0 rings (SSSR count). The monoisotopic (exact) mass is 310 g/mol. The van der Waals surface area contributed by atoms with Gasteiger partial charge in [0.15, 0.2) is 0 Å². The van der Waals surface area contributed by atoms with Gasteiger partial charge in [0, 0.05) is 13.1 Å². The Kier molecular flexibility index (Phi) is 16.8. The Morgan fingerprint density at radius 2 is 0.773 bits per heavy atom. The van der Waals surface area contributed by atoms with Crippen molar-refractivity contribution in [2.75, 3.05) is 39.3 Å². The number of nitrogens with zero attached hydrogens (tertiary/aromatic N) is 2. The fraction of sp³-hybridized carbons (Fsp3) is 0.900. The molecule has 0 aromatic heterocycles. The van der Waals surface area contributed by atoms with Crippen LogP contribution in [0.4, 0.5) is 0 Å².